The summed E-state index contributed by atoms with van der Waals surface area (Å²) in [4.78, 5) is 39.3. The van der Waals surface area contributed by atoms with E-state index in [1.165, 1.54) is 0 Å². The van der Waals surface area contributed by atoms with E-state index >= 15 is 0 Å². The maximum absolute atomic E-state index is 13.1. The van der Waals surface area contributed by atoms with E-state index in [1.54, 1.807) is 36.4 Å². The first-order valence-electron chi connectivity index (χ1n) is 9.43. The third-order valence-electron chi connectivity index (χ3n) is 5.16. The van der Waals surface area contributed by atoms with Gasteiger partial charge in [-0.2, -0.15) is 0 Å². The topological polar surface area (TPSA) is 66.5 Å². The number of nitrogens with zero attached hydrogens (tertiary/aromatic N) is 1. The Morgan fingerprint density at radius 2 is 1.68 bits per heavy atom. The minimum Gasteiger partial charge on any atom is -0.319 e. The van der Waals surface area contributed by atoms with Crippen molar-refractivity contribution in [3.63, 3.8) is 0 Å². The number of benzene rings is 2. The summed E-state index contributed by atoms with van der Waals surface area (Å²) < 4.78 is 0. The Bertz CT molecular complexity index is 893. The van der Waals surface area contributed by atoms with E-state index in [-0.39, 0.29) is 12.3 Å². The predicted molar refractivity (Wildman–Crippen MR) is 108 cm³/mol. The van der Waals surface area contributed by atoms with E-state index in [0.29, 0.717) is 22.6 Å². The number of carbonyl (C=O) groups is 3. The predicted octanol–water partition coefficient (Wildman–Crippen LogP) is 4.33. The van der Waals surface area contributed by atoms with Gasteiger partial charge in [0.1, 0.15) is 5.54 Å². The Labute approximate surface area is 169 Å². The van der Waals surface area contributed by atoms with Crippen LogP contribution in [0.1, 0.15) is 48.2 Å². The van der Waals surface area contributed by atoms with Crippen molar-refractivity contribution in [3.05, 3.63) is 70.2 Å². The molecule has 146 valence electrons. The number of Topliss-reactive ketones (excluding diaryl/α,β-unsaturated/α-hetero) is 1. The van der Waals surface area contributed by atoms with Crippen molar-refractivity contribution in [2.24, 2.45) is 0 Å². The molecular formula is C22H23ClN2O3. The molecule has 1 saturated heterocycles. The number of halogens is 1. The van der Waals surface area contributed by atoms with Crippen LogP contribution >= 0.6 is 11.6 Å². The van der Waals surface area contributed by atoms with Crippen LogP contribution in [-0.4, -0.2) is 29.2 Å². The average Bonchev–Trinajstić information content (AvgIpc) is 2.94. The highest BCUT2D eigenvalue weighted by Crippen LogP contribution is 2.33. The lowest BCUT2D eigenvalue weighted by Crippen LogP contribution is -2.43. The quantitative estimate of drug-likeness (QED) is 0.557. The van der Waals surface area contributed by atoms with Crippen molar-refractivity contribution in [2.75, 3.05) is 6.54 Å². The second-order valence-corrected chi connectivity index (χ2v) is 7.39. The molecule has 1 heterocycles. The molecule has 1 aliphatic rings. The van der Waals surface area contributed by atoms with Gasteiger partial charge in [-0.25, -0.2) is 4.79 Å². The Hall–Kier alpha value is -2.66. The number of imide groups is 1. The molecule has 3 amide bonds. The number of hydrogen-bond donors (Lipinski definition) is 1. The first-order chi connectivity index (χ1) is 13.4. The second-order valence-electron chi connectivity index (χ2n) is 6.96. The standard InChI is InChI=1S/C22H23ClN2O3/c1-3-5-15-6-8-16(9-7-15)19(26)14-25-20(27)22(4-2,24-21(25)28)17-10-12-18(23)13-11-17/h6-13H,3-5,14H2,1-2H3,(H,24,28). The van der Waals surface area contributed by atoms with E-state index in [0.717, 1.165) is 23.3 Å². The summed E-state index contributed by atoms with van der Waals surface area (Å²) in [5, 5.41) is 3.32. The normalized spacial score (nSPS) is 19.0. The van der Waals surface area contributed by atoms with Crippen molar-refractivity contribution < 1.29 is 14.4 Å². The van der Waals surface area contributed by atoms with Gasteiger partial charge >= 0.3 is 6.03 Å². The largest absolute Gasteiger partial charge is 0.325 e. The van der Waals surface area contributed by atoms with E-state index in [4.69, 9.17) is 11.6 Å². The molecule has 3 rings (SSSR count). The zero-order chi connectivity index (χ0) is 20.3. The molecule has 0 radical (unpaired) electrons. The smallest absolute Gasteiger partial charge is 0.319 e. The molecule has 2 aromatic carbocycles. The van der Waals surface area contributed by atoms with Crippen LogP contribution in [0.25, 0.3) is 0 Å². The average molecular weight is 399 g/mol. The van der Waals surface area contributed by atoms with Gasteiger partial charge in [0.2, 0.25) is 0 Å². The van der Waals surface area contributed by atoms with Crippen molar-refractivity contribution in [1.82, 2.24) is 10.2 Å². The molecule has 5 nitrogen and oxygen atoms in total. The van der Waals surface area contributed by atoms with Crippen LogP contribution in [0.5, 0.6) is 0 Å². The number of rotatable bonds is 7. The fourth-order valence-electron chi connectivity index (χ4n) is 3.52. The summed E-state index contributed by atoms with van der Waals surface area (Å²) in [7, 11) is 0. The minimum atomic E-state index is -1.17. The fraction of sp³-hybridized carbons (Fsp3) is 0.318. The number of urea groups is 1. The number of nitrogens with one attached hydrogen (secondary N) is 1. The number of amides is 3. The van der Waals surface area contributed by atoms with Gasteiger partial charge in [-0.1, -0.05) is 68.3 Å². The molecule has 28 heavy (non-hydrogen) atoms. The minimum absolute atomic E-state index is 0.269. The third-order valence-corrected chi connectivity index (χ3v) is 5.41. The van der Waals surface area contributed by atoms with Gasteiger partial charge in [-0.15, -0.1) is 0 Å². The summed E-state index contributed by atoms with van der Waals surface area (Å²) in [6.45, 7) is 3.63. The molecule has 0 saturated carbocycles. The van der Waals surface area contributed by atoms with E-state index in [9.17, 15) is 14.4 Å². The lowest BCUT2D eigenvalue weighted by atomic mass is 9.87. The summed E-state index contributed by atoms with van der Waals surface area (Å²) in [6.07, 6.45) is 2.34. The van der Waals surface area contributed by atoms with Crippen molar-refractivity contribution in [3.8, 4) is 0 Å². The van der Waals surface area contributed by atoms with Crippen LogP contribution in [0.4, 0.5) is 4.79 Å². The van der Waals surface area contributed by atoms with Gasteiger partial charge < -0.3 is 5.32 Å². The zero-order valence-corrected chi connectivity index (χ0v) is 16.8. The van der Waals surface area contributed by atoms with Gasteiger partial charge in [0.15, 0.2) is 5.78 Å². The van der Waals surface area contributed by atoms with Crippen LogP contribution < -0.4 is 5.32 Å². The summed E-state index contributed by atoms with van der Waals surface area (Å²) in [5.41, 5.74) is 1.12. The maximum Gasteiger partial charge on any atom is 0.325 e. The van der Waals surface area contributed by atoms with E-state index in [2.05, 4.69) is 12.2 Å². The van der Waals surface area contributed by atoms with Gasteiger partial charge in [-0.05, 0) is 36.1 Å². The molecule has 1 aliphatic heterocycles. The molecular weight excluding hydrogens is 376 g/mol. The molecule has 6 heteroatoms. The van der Waals surface area contributed by atoms with E-state index in [1.807, 2.05) is 19.1 Å². The molecule has 1 fully saturated rings. The molecule has 2 aromatic rings. The van der Waals surface area contributed by atoms with Crippen molar-refractivity contribution in [1.29, 1.82) is 0 Å². The molecule has 0 aliphatic carbocycles. The molecule has 1 atom stereocenters. The summed E-state index contributed by atoms with van der Waals surface area (Å²) >= 11 is 5.94. The van der Waals surface area contributed by atoms with Gasteiger partial charge in [0, 0.05) is 10.6 Å². The number of hydrogen-bond acceptors (Lipinski definition) is 3. The van der Waals surface area contributed by atoms with Gasteiger partial charge in [0.25, 0.3) is 5.91 Å². The highest BCUT2D eigenvalue weighted by atomic mass is 35.5. The highest BCUT2D eigenvalue weighted by molar-refractivity contribution is 6.30. The summed E-state index contributed by atoms with van der Waals surface area (Å²) in [5.74, 6) is -0.687. The van der Waals surface area contributed by atoms with Crippen LogP contribution in [0, 0.1) is 0 Å². The second kappa shape index (κ2) is 8.15. The van der Waals surface area contributed by atoms with Crippen LogP contribution in [0.3, 0.4) is 0 Å². The Balaban J connectivity index is 1.81. The number of carbonyl (C=O) groups excluding carboxylic acids is 3. The molecule has 1 N–H and O–H groups in total. The Morgan fingerprint density at radius 1 is 1.04 bits per heavy atom. The third kappa shape index (κ3) is 3.67. The molecule has 0 bridgehead atoms. The van der Waals surface area contributed by atoms with Crippen LogP contribution in [0.2, 0.25) is 5.02 Å². The highest BCUT2D eigenvalue weighted by Gasteiger charge is 2.51. The van der Waals surface area contributed by atoms with E-state index < -0.39 is 17.5 Å². The Morgan fingerprint density at radius 3 is 2.25 bits per heavy atom. The number of ketones is 1. The zero-order valence-electron chi connectivity index (χ0n) is 16.0. The monoisotopic (exact) mass is 398 g/mol. The molecule has 0 aromatic heterocycles. The van der Waals surface area contributed by atoms with Crippen molar-refractivity contribution in [2.45, 2.75) is 38.6 Å². The van der Waals surface area contributed by atoms with Crippen LogP contribution in [-0.2, 0) is 16.8 Å². The lowest BCUT2D eigenvalue weighted by molar-refractivity contribution is -0.131. The first kappa shape index (κ1) is 20.1. The first-order valence-corrected chi connectivity index (χ1v) is 9.81. The molecule has 0 spiro atoms. The lowest BCUT2D eigenvalue weighted by Gasteiger charge is -2.25. The Kier molecular flexibility index (Phi) is 5.84. The van der Waals surface area contributed by atoms with Gasteiger partial charge in [-0.3, -0.25) is 14.5 Å². The molecule has 1 unspecified atom stereocenters. The van der Waals surface area contributed by atoms with Gasteiger partial charge in [0.05, 0.1) is 6.54 Å². The summed E-state index contributed by atoms with van der Waals surface area (Å²) in [6, 6.07) is 13.6. The fourth-order valence-corrected chi connectivity index (χ4v) is 3.65. The SMILES string of the molecule is CCCc1ccc(C(=O)CN2C(=O)NC(CC)(c3ccc(Cl)cc3)C2=O)cc1. The van der Waals surface area contributed by atoms with Crippen molar-refractivity contribution >= 4 is 29.3 Å². The number of aryl methyl sites for hydroxylation is 1. The van der Waals surface area contributed by atoms with Crippen LogP contribution in [0.15, 0.2) is 48.5 Å². The maximum atomic E-state index is 13.1.